The summed E-state index contributed by atoms with van der Waals surface area (Å²) in [5.41, 5.74) is 6.32. The van der Waals surface area contributed by atoms with Gasteiger partial charge in [-0.15, -0.1) is 0 Å². The number of anilines is 1. The van der Waals surface area contributed by atoms with Crippen LogP contribution in [0.4, 0.5) is 5.69 Å². The van der Waals surface area contributed by atoms with Crippen molar-refractivity contribution in [2.45, 2.75) is 25.8 Å². The maximum atomic E-state index is 11.6. The van der Waals surface area contributed by atoms with Gasteiger partial charge in [-0.25, -0.2) is 0 Å². The molecule has 1 atom stereocenters. The van der Waals surface area contributed by atoms with E-state index in [4.69, 9.17) is 10.5 Å². The third kappa shape index (κ3) is 4.75. The highest BCUT2D eigenvalue weighted by atomic mass is 79.9. The number of carbonyl (C=O) groups excluding carboxylic acids is 1. The van der Waals surface area contributed by atoms with E-state index < -0.39 is 0 Å². The normalized spacial score (nSPS) is 12.0. The molecule has 1 amide bonds. The number of hydrogen-bond donors (Lipinski definition) is 2. The molecule has 0 bridgehead atoms. The lowest BCUT2D eigenvalue weighted by Crippen LogP contribution is -2.19. The largest absolute Gasteiger partial charge is 0.495 e. The molecule has 0 radical (unpaired) electrons. The van der Waals surface area contributed by atoms with Gasteiger partial charge in [0.2, 0.25) is 5.91 Å². The topological polar surface area (TPSA) is 64.3 Å². The number of rotatable bonds is 5. The molecule has 17 heavy (non-hydrogen) atoms. The van der Waals surface area contributed by atoms with Crippen molar-refractivity contribution in [2.24, 2.45) is 5.73 Å². The Morgan fingerprint density at radius 3 is 2.88 bits per heavy atom. The van der Waals surface area contributed by atoms with Gasteiger partial charge in [0.1, 0.15) is 5.75 Å². The molecule has 4 nitrogen and oxygen atoms in total. The minimum atomic E-state index is -0.0355. The Kier molecular flexibility index (Phi) is 5.44. The number of methoxy groups -OCH3 is 1. The zero-order valence-corrected chi connectivity index (χ0v) is 11.6. The number of ether oxygens (including phenoxy) is 1. The predicted molar refractivity (Wildman–Crippen MR) is 72.2 cm³/mol. The second-order valence-corrected chi connectivity index (χ2v) is 4.77. The van der Waals surface area contributed by atoms with E-state index >= 15 is 0 Å². The molecule has 0 saturated heterocycles. The van der Waals surface area contributed by atoms with Gasteiger partial charge < -0.3 is 15.8 Å². The van der Waals surface area contributed by atoms with Crippen LogP contribution in [0.15, 0.2) is 22.7 Å². The van der Waals surface area contributed by atoms with E-state index in [0.717, 1.165) is 10.2 Å². The molecule has 3 N–H and O–H groups in total. The summed E-state index contributed by atoms with van der Waals surface area (Å²) in [6.07, 6.45) is 1.11. The summed E-state index contributed by atoms with van der Waals surface area (Å²) < 4.78 is 6.00. The summed E-state index contributed by atoms with van der Waals surface area (Å²) in [5, 5.41) is 2.80. The van der Waals surface area contributed by atoms with Crippen LogP contribution in [0.2, 0.25) is 0 Å². The van der Waals surface area contributed by atoms with Crippen molar-refractivity contribution in [1.29, 1.82) is 0 Å². The van der Waals surface area contributed by atoms with Crippen LogP contribution < -0.4 is 15.8 Å². The summed E-state index contributed by atoms with van der Waals surface area (Å²) in [4.78, 5) is 11.6. The van der Waals surface area contributed by atoms with Gasteiger partial charge in [0.25, 0.3) is 0 Å². The molecule has 1 unspecified atom stereocenters. The standard InChI is InChI=1S/C12H17BrN2O2/c1-8(14)3-6-12(16)15-9-4-5-10(13)11(7-9)17-2/h4-5,7-8H,3,6,14H2,1-2H3,(H,15,16). The number of nitrogens with one attached hydrogen (secondary N) is 1. The van der Waals surface area contributed by atoms with E-state index in [9.17, 15) is 4.79 Å². The van der Waals surface area contributed by atoms with Crippen molar-refractivity contribution < 1.29 is 9.53 Å². The second kappa shape index (κ2) is 6.61. The molecule has 0 aliphatic rings. The molecular weight excluding hydrogens is 284 g/mol. The van der Waals surface area contributed by atoms with E-state index in [1.54, 1.807) is 13.2 Å². The molecule has 0 heterocycles. The summed E-state index contributed by atoms with van der Waals surface area (Å²) >= 11 is 3.35. The van der Waals surface area contributed by atoms with Crippen LogP contribution in [0.3, 0.4) is 0 Å². The molecule has 0 aliphatic heterocycles. The average molecular weight is 301 g/mol. The Morgan fingerprint density at radius 1 is 1.59 bits per heavy atom. The van der Waals surface area contributed by atoms with Crippen LogP contribution in [0.25, 0.3) is 0 Å². The van der Waals surface area contributed by atoms with Crippen molar-refractivity contribution in [1.82, 2.24) is 0 Å². The summed E-state index contributed by atoms with van der Waals surface area (Å²) in [6, 6.07) is 5.46. The van der Waals surface area contributed by atoms with Crippen molar-refractivity contribution in [3.8, 4) is 5.75 Å². The predicted octanol–water partition coefficient (Wildman–Crippen LogP) is 2.52. The fourth-order valence-corrected chi connectivity index (χ4v) is 1.73. The lowest BCUT2D eigenvalue weighted by molar-refractivity contribution is -0.116. The molecule has 1 aromatic rings. The molecule has 5 heteroatoms. The smallest absolute Gasteiger partial charge is 0.224 e. The first-order chi connectivity index (χ1) is 8.02. The second-order valence-electron chi connectivity index (χ2n) is 3.91. The Bertz CT molecular complexity index is 394. The molecule has 0 spiro atoms. The lowest BCUT2D eigenvalue weighted by atomic mass is 10.2. The third-order valence-corrected chi connectivity index (χ3v) is 2.92. The highest BCUT2D eigenvalue weighted by molar-refractivity contribution is 9.10. The van der Waals surface area contributed by atoms with Crippen molar-refractivity contribution in [3.63, 3.8) is 0 Å². The van der Waals surface area contributed by atoms with Crippen molar-refractivity contribution >= 4 is 27.5 Å². The molecule has 0 saturated carbocycles. The number of halogens is 1. The van der Waals surface area contributed by atoms with Gasteiger partial charge in [-0.05, 0) is 41.4 Å². The minimum Gasteiger partial charge on any atom is -0.495 e. The molecule has 1 rings (SSSR count). The number of hydrogen-bond acceptors (Lipinski definition) is 3. The van der Waals surface area contributed by atoms with Gasteiger partial charge in [0.05, 0.1) is 11.6 Å². The third-order valence-electron chi connectivity index (χ3n) is 2.26. The highest BCUT2D eigenvalue weighted by Gasteiger charge is 2.06. The van der Waals surface area contributed by atoms with Gasteiger partial charge in [-0.2, -0.15) is 0 Å². The van der Waals surface area contributed by atoms with Gasteiger partial charge in [-0.3, -0.25) is 4.79 Å². The summed E-state index contributed by atoms with van der Waals surface area (Å²) in [5.74, 6) is 0.654. The van der Waals surface area contributed by atoms with E-state index in [-0.39, 0.29) is 11.9 Å². The minimum absolute atomic E-state index is 0.0355. The Labute approximate surface area is 110 Å². The van der Waals surface area contributed by atoms with Crippen LogP contribution in [0.1, 0.15) is 19.8 Å². The Hall–Kier alpha value is -1.07. The highest BCUT2D eigenvalue weighted by Crippen LogP contribution is 2.27. The van der Waals surface area contributed by atoms with Crippen molar-refractivity contribution in [2.75, 3.05) is 12.4 Å². The summed E-state index contributed by atoms with van der Waals surface area (Å²) in [6.45, 7) is 1.88. The zero-order chi connectivity index (χ0) is 12.8. The Morgan fingerprint density at radius 2 is 2.29 bits per heavy atom. The number of amides is 1. The van der Waals surface area contributed by atoms with Crippen LogP contribution in [-0.4, -0.2) is 19.1 Å². The van der Waals surface area contributed by atoms with E-state index in [0.29, 0.717) is 18.6 Å². The number of nitrogens with two attached hydrogens (primary N) is 1. The molecule has 0 aliphatic carbocycles. The maximum absolute atomic E-state index is 11.6. The first-order valence-electron chi connectivity index (χ1n) is 5.42. The van der Waals surface area contributed by atoms with Crippen LogP contribution in [0, 0.1) is 0 Å². The van der Waals surface area contributed by atoms with Crippen molar-refractivity contribution in [3.05, 3.63) is 22.7 Å². The van der Waals surface area contributed by atoms with E-state index in [1.165, 1.54) is 0 Å². The first kappa shape index (κ1) is 14.0. The zero-order valence-electron chi connectivity index (χ0n) is 10.00. The average Bonchev–Trinajstić information content (AvgIpc) is 2.29. The van der Waals surface area contributed by atoms with Gasteiger partial charge in [0, 0.05) is 24.2 Å². The lowest BCUT2D eigenvalue weighted by Gasteiger charge is -2.09. The first-order valence-corrected chi connectivity index (χ1v) is 6.21. The Balaban J connectivity index is 2.59. The number of benzene rings is 1. The van der Waals surface area contributed by atoms with Gasteiger partial charge >= 0.3 is 0 Å². The quantitative estimate of drug-likeness (QED) is 0.878. The molecule has 94 valence electrons. The summed E-state index contributed by atoms with van der Waals surface area (Å²) in [7, 11) is 1.59. The molecule has 0 aromatic heterocycles. The molecular formula is C12H17BrN2O2. The number of carbonyl (C=O) groups is 1. The van der Waals surface area contributed by atoms with Crippen LogP contribution in [-0.2, 0) is 4.79 Å². The molecule has 0 fully saturated rings. The van der Waals surface area contributed by atoms with Gasteiger partial charge in [-0.1, -0.05) is 0 Å². The van der Waals surface area contributed by atoms with Crippen LogP contribution >= 0.6 is 15.9 Å². The fraction of sp³-hybridized carbons (Fsp3) is 0.417. The fourth-order valence-electron chi connectivity index (χ4n) is 1.32. The monoisotopic (exact) mass is 300 g/mol. The molecule has 1 aromatic carbocycles. The van der Waals surface area contributed by atoms with E-state index in [2.05, 4.69) is 21.2 Å². The van der Waals surface area contributed by atoms with Crippen LogP contribution in [0.5, 0.6) is 5.75 Å². The van der Waals surface area contributed by atoms with Gasteiger partial charge in [0.15, 0.2) is 0 Å². The maximum Gasteiger partial charge on any atom is 0.224 e. The SMILES string of the molecule is COc1cc(NC(=O)CCC(C)N)ccc1Br. The van der Waals surface area contributed by atoms with E-state index in [1.807, 2.05) is 19.1 Å².